The lowest BCUT2D eigenvalue weighted by atomic mass is 9.93. The molecule has 0 saturated carbocycles. The standard InChI is InChI=1S/C15H22N2S/c1-2-13(11-16-7-1)4-3-12-5-6-14-15(10-12)18-9-8-17-14/h5-6,10,13,16-17H,1-4,7-9,11H2. The van der Waals surface area contributed by atoms with Gasteiger partial charge in [0.2, 0.25) is 0 Å². The highest BCUT2D eigenvalue weighted by Gasteiger charge is 2.14. The fourth-order valence-corrected chi connectivity index (χ4v) is 3.83. The monoisotopic (exact) mass is 262 g/mol. The number of piperidine rings is 1. The Balaban J connectivity index is 1.58. The third kappa shape index (κ3) is 3.01. The van der Waals surface area contributed by atoms with Gasteiger partial charge < -0.3 is 10.6 Å². The van der Waals surface area contributed by atoms with Crippen LogP contribution in [0, 0.1) is 5.92 Å². The molecule has 0 radical (unpaired) electrons. The van der Waals surface area contributed by atoms with Gasteiger partial charge in [-0.2, -0.15) is 0 Å². The van der Waals surface area contributed by atoms with E-state index in [2.05, 4.69) is 28.8 Å². The lowest BCUT2D eigenvalue weighted by Crippen LogP contribution is -2.29. The van der Waals surface area contributed by atoms with Crippen LogP contribution in [0.25, 0.3) is 0 Å². The Hall–Kier alpha value is -0.670. The molecule has 0 spiro atoms. The summed E-state index contributed by atoms with van der Waals surface area (Å²) in [7, 11) is 0. The van der Waals surface area contributed by atoms with Crippen molar-refractivity contribution < 1.29 is 0 Å². The van der Waals surface area contributed by atoms with E-state index in [0.717, 1.165) is 12.5 Å². The summed E-state index contributed by atoms with van der Waals surface area (Å²) < 4.78 is 0. The number of benzene rings is 1. The van der Waals surface area contributed by atoms with Gasteiger partial charge in [0.15, 0.2) is 0 Å². The Bertz CT molecular complexity index is 399. The number of hydrogen-bond acceptors (Lipinski definition) is 3. The van der Waals surface area contributed by atoms with Crippen molar-refractivity contribution in [2.45, 2.75) is 30.6 Å². The van der Waals surface area contributed by atoms with Gasteiger partial charge in [-0.25, -0.2) is 0 Å². The third-order valence-corrected chi connectivity index (χ3v) is 5.02. The van der Waals surface area contributed by atoms with Crippen LogP contribution in [-0.4, -0.2) is 25.4 Å². The van der Waals surface area contributed by atoms with Crippen molar-refractivity contribution in [2.75, 3.05) is 30.7 Å². The summed E-state index contributed by atoms with van der Waals surface area (Å²) in [6.45, 7) is 3.55. The normalized spacial score (nSPS) is 23.2. The molecule has 3 rings (SSSR count). The molecule has 2 aliphatic heterocycles. The number of hydrogen-bond donors (Lipinski definition) is 2. The topological polar surface area (TPSA) is 24.1 Å². The summed E-state index contributed by atoms with van der Waals surface area (Å²) in [5, 5.41) is 6.97. The minimum Gasteiger partial charge on any atom is -0.383 e. The predicted molar refractivity (Wildman–Crippen MR) is 79.6 cm³/mol. The van der Waals surface area contributed by atoms with Crippen LogP contribution in [0.1, 0.15) is 24.8 Å². The lowest BCUT2D eigenvalue weighted by molar-refractivity contribution is 0.358. The van der Waals surface area contributed by atoms with E-state index in [4.69, 9.17) is 0 Å². The first-order valence-corrected chi connectivity index (χ1v) is 8.11. The zero-order valence-electron chi connectivity index (χ0n) is 10.9. The molecule has 1 unspecified atom stereocenters. The molecular formula is C15H22N2S. The number of thioether (sulfide) groups is 1. The molecule has 2 aliphatic rings. The molecule has 0 aliphatic carbocycles. The molecule has 0 amide bonds. The van der Waals surface area contributed by atoms with Crippen molar-refractivity contribution in [3.8, 4) is 0 Å². The lowest BCUT2D eigenvalue weighted by Gasteiger charge is -2.23. The molecule has 1 atom stereocenters. The number of rotatable bonds is 3. The fourth-order valence-electron chi connectivity index (χ4n) is 2.88. The first-order chi connectivity index (χ1) is 8.92. The first kappa shape index (κ1) is 12.4. The summed E-state index contributed by atoms with van der Waals surface area (Å²) in [6.07, 6.45) is 5.34. The minimum atomic E-state index is 0.889. The average Bonchev–Trinajstić information content (AvgIpc) is 2.46. The Kier molecular flexibility index (Phi) is 4.11. The van der Waals surface area contributed by atoms with Crippen LogP contribution < -0.4 is 10.6 Å². The van der Waals surface area contributed by atoms with Crippen LogP contribution in [-0.2, 0) is 6.42 Å². The average molecular weight is 262 g/mol. The van der Waals surface area contributed by atoms with Crippen molar-refractivity contribution >= 4 is 17.4 Å². The van der Waals surface area contributed by atoms with Crippen LogP contribution in [0.4, 0.5) is 5.69 Å². The molecule has 18 heavy (non-hydrogen) atoms. The van der Waals surface area contributed by atoms with E-state index in [1.165, 1.54) is 60.7 Å². The second-order valence-electron chi connectivity index (χ2n) is 5.36. The molecule has 1 saturated heterocycles. The maximum atomic E-state index is 3.51. The molecule has 0 aromatic heterocycles. The minimum absolute atomic E-state index is 0.889. The summed E-state index contributed by atoms with van der Waals surface area (Å²) in [5.74, 6) is 2.09. The SMILES string of the molecule is c1cc2c(cc1CCC1CCCNC1)SCCN2. The van der Waals surface area contributed by atoms with Gasteiger partial charge in [-0.1, -0.05) is 6.07 Å². The quantitative estimate of drug-likeness (QED) is 0.875. The summed E-state index contributed by atoms with van der Waals surface area (Å²) in [4.78, 5) is 1.44. The zero-order valence-corrected chi connectivity index (χ0v) is 11.7. The molecule has 1 fully saturated rings. The highest BCUT2D eigenvalue weighted by Crippen LogP contribution is 2.32. The summed E-state index contributed by atoms with van der Waals surface area (Å²) in [6, 6.07) is 6.95. The molecule has 98 valence electrons. The molecular weight excluding hydrogens is 240 g/mol. The second-order valence-corrected chi connectivity index (χ2v) is 6.49. The van der Waals surface area contributed by atoms with Gasteiger partial charge >= 0.3 is 0 Å². The van der Waals surface area contributed by atoms with Crippen LogP contribution in [0.2, 0.25) is 0 Å². The Morgan fingerprint density at radius 1 is 1.28 bits per heavy atom. The molecule has 1 aromatic carbocycles. The van der Waals surface area contributed by atoms with E-state index in [1.54, 1.807) is 0 Å². The van der Waals surface area contributed by atoms with Crippen LogP contribution in [0.3, 0.4) is 0 Å². The molecule has 3 heteroatoms. The van der Waals surface area contributed by atoms with Gasteiger partial charge in [0.1, 0.15) is 0 Å². The van der Waals surface area contributed by atoms with E-state index in [-0.39, 0.29) is 0 Å². The first-order valence-electron chi connectivity index (χ1n) is 7.12. The smallest absolute Gasteiger partial charge is 0.0478 e. The summed E-state index contributed by atoms with van der Waals surface area (Å²) in [5.41, 5.74) is 2.84. The number of aryl methyl sites for hydroxylation is 1. The predicted octanol–water partition coefficient (Wildman–Crippen LogP) is 3.14. The van der Waals surface area contributed by atoms with Gasteiger partial charge in [0.25, 0.3) is 0 Å². The van der Waals surface area contributed by atoms with E-state index in [0.29, 0.717) is 0 Å². The molecule has 0 bridgehead atoms. The Morgan fingerprint density at radius 2 is 2.28 bits per heavy atom. The number of nitrogens with one attached hydrogen (secondary N) is 2. The van der Waals surface area contributed by atoms with Gasteiger partial charge in [-0.05, 0) is 62.4 Å². The van der Waals surface area contributed by atoms with E-state index in [9.17, 15) is 0 Å². The maximum absolute atomic E-state index is 3.51. The van der Waals surface area contributed by atoms with Crippen LogP contribution >= 0.6 is 11.8 Å². The zero-order chi connectivity index (χ0) is 12.2. The van der Waals surface area contributed by atoms with Crippen molar-refractivity contribution in [2.24, 2.45) is 5.92 Å². The summed E-state index contributed by atoms with van der Waals surface area (Å²) >= 11 is 1.99. The third-order valence-electron chi connectivity index (χ3n) is 3.96. The molecule has 2 N–H and O–H groups in total. The van der Waals surface area contributed by atoms with Crippen molar-refractivity contribution in [3.63, 3.8) is 0 Å². The highest BCUT2D eigenvalue weighted by molar-refractivity contribution is 7.99. The largest absolute Gasteiger partial charge is 0.383 e. The van der Waals surface area contributed by atoms with Gasteiger partial charge in [0.05, 0.1) is 0 Å². The number of anilines is 1. The Morgan fingerprint density at radius 3 is 3.17 bits per heavy atom. The van der Waals surface area contributed by atoms with Crippen molar-refractivity contribution in [1.29, 1.82) is 0 Å². The molecule has 1 aromatic rings. The van der Waals surface area contributed by atoms with E-state index in [1.807, 2.05) is 11.8 Å². The molecule has 2 nitrogen and oxygen atoms in total. The fraction of sp³-hybridized carbons (Fsp3) is 0.600. The van der Waals surface area contributed by atoms with Gasteiger partial charge in [-0.15, -0.1) is 11.8 Å². The van der Waals surface area contributed by atoms with Crippen molar-refractivity contribution in [3.05, 3.63) is 23.8 Å². The highest BCUT2D eigenvalue weighted by atomic mass is 32.2. The maximum Gasteiger partial charge on any atom is 0.0478 e. The number of fused-ring (bicyclic) bond motifs is 1. The van der Waals surface area contributed by atoms with Crippen molar-refractivity contribution in [1.82, 2.24) is 5.32 Å². The van der Waals surface area contributed by atoms with E-state index >= 15 is 0 Å². The van der Waals surface area contributed by atoms with Crippen LogP contribution in [0.5, 0.6) is 0 Å². The van der Waals surface area contributed by atoms with Gasteiger partial charge in [-0.3, -0.25) is 0 Å². The molecule has 2 heterocycles. The second kappa shape index (κ2) is 5.98. The van der Waals surface area contributed by atoms with Gasteiger partial charge in [0, 0.05) is 22.9 Å². The van der Waals surface area contributed by atoms with Crippen LogP contribution in [0.15, 0.2) is 23.1 Å². The Labute approximate surface area is 114 Å². The van der Waals surface area contributed by atoms with E-state index < -0.39 is 0 Å².